The molecule has 17 heavy (non-hydrogen) atoms. The Morgan fingerprint density at radius 3 is 2.82 bits per heavy atom. The van der Waals surface area contributed by atoms with Crippen molar-refractivity contribution < 1.29 is 9.90 Å². The number of hydrogen-bond acceptors (Lipinski definition) is 3. The van der Waals surface area contributed by atoms with Crippen molar-refractivity contribution >= 4 is 45.2 Å². The van der Waals surface area contributed by atoms with Gasteiger partial charge in [-0.1, -0.05) is 0 Å². The Kier molecular flexibility index (Phi) is 4.50. The molecule has 0 amide bonds. The van der Waals surface area contributed by atoms with Crippen LogP contribution < -0.4 is 5.73 Å². The highest BCUT2D eigenvalue weighted by Gasteiger charge is 2.14. The van der Waals surface area contributed by atoms with Crippen molar-refractivity contribution in [2.45, 2.75) is 6.54 Å². The van der Waals surface area contributed by atoms with Crippen molar-refractivity contribution in [2.24, 2.45) is 5.73 Å². The van der Waals surface area contributed by atoms with Crippen LogP contribution in [0.2, 0.25) is 0 Å². The molecule has 0 aliphatic heterocycles. The SMILES string of the molecule is Cl.NCCn1c(C(=O)O)cc2cc(Br)ncc21. The van der Waals surface area contributed by atoms with Gasteiger partial charge in [0.1, 0.15) is 10.3 Å². The summed E-state index contributed by atoms with van der Waals surface area (Å²) in [5.74, 6) is -0.958. The second-order valence-corrected chi connectivity index (χ2v) is 4.15. The zero-order chi connectivity index (χ0) is 11.7. The molecule has 2 rings (SSSR count). The monoisotopic (exact) mass is 319 g/mol. The first-order valence-corrected chi connectivity index (χ1v) is 5.51. The van der Waals surface area contributed by atoms with Crippen LogP contribution in [0.15, 0.2) is 22.9 Å². The lowest BCUT2D eigenvalue weighted by Gasteiger charge is -2.05. The largest absolute Gasteiger partial charge is 0.477 e. The van der Waals surface area contributed by atoms with E-state index in [2.05, 4.69) is 20.9 Å². The molecule has 0 aliphatic carbocycles. The molecule has 0 saturated carbocycles. The van der Waals surface area contributed by atoms with E-state index in [1.54, 1.807) is 22.9 Å². The predicted molar refractivity (Wildman–Crippen MR) is 70.7 cm³/mol. The van der Waals surface area contributed by atoms with Gasteiger partial charge in [-0.05, 0) is 28.1 Å². The smallest absolute Gasteiger partial charge is 0.352 e. The van der Waals surface area contributed by atoms with Gasteiger partial charge in [0.15, 0.2) is 0 Å². The van der Waals surface area contributed by atoms with Crippen LogP contribution in [0.1, 0.15) is 10.5 Å². The van der Waals surface area contributed by atoms with Gasteiger partial charge in [0.25, 0.3) is 0 Å². The van der Waals surface area contributed by atoms with Crippen LogP contribution >= 0.6 is 28.3 Å². The summed E-state index contributed by atoms with van der Waals surface area (Å²) < 4.78 is 2.35. The molecule has 7 heteroatoms. The number of nitrogens with two attached hydrogens (primary N) is 1. The number of carbonyl (C=O) groups is 1. The maximum atomic E-state index is 11.1. The summed E-state index contributed by atoms with van der Waals surface area (Å²) in [5, 5.41) is 9.91. The molecule has 0 unspecified atom stereocenters. The molecule has 2 heterocycles. The van der Waals surface area contributed by atoms with Gasteiger partial charge < -0.3 is 15.4 Å². The number of pyridine rings is 1. The zero-order valence-electron chi connectivity index (χ0n) is 8.76. The summed E-state index contributed by atoms with van der Waals surface area (Å²) in [6.45, 7) is 0.856. The maximum Gasteiger partial charge on any atom is 0.352 e. The number of aromatic carboxylic acids is 1. The number of carboxylic acid groups (broad SMARTS) is 1. The lowest BCUT2D eigenvalue weighted by Crippen LogP contribution is -2.14. The zero-order valence-corrected chi connectivity index (χ0v) is 11.2. The van der Waals surface area contributed by atoms with E-state index in [1.165, 1.54) is 0 Å². The van der Waals surface area contributed by atoms with E-state index in [0.29, 0.717) is 17.7 Å². The van der Waals surface area contributed by atoms with Gasteiger partial charge in [-0.15, -0.1) is 12.4 Å². The Bertz CT molecular complexity index is 556. The van der Waals surface area contributed by atoms with E-state index in [4.69, 9.17) is 10.8 Å². The van der Waals surface area contributed by atoms with Crippen molar-refractivity contribution in [3.63, 3.8) is 0 Å². The van der Waals surface area contributed by atoms with Gasteiger partial charge in [-0.3, -0.25) is 0 Å². The molecule has 0 atom stereocenters. The van der Waals surface area contributed by atoms with Crippen LogP contribution in [0.3, 0.4) is 0 Å². The van der Waals surface area contributed by atoms with E-state index in [1.807, 2.05) is 0 Å². The van der Waals surface area contributed by atoms with Gasteiger partial charge in [0.2, 0.25) is 0 Å². The molecule has 92 valence electrons. The molecule has 2 aromatic heterocycles. The lowest BCUT2D eigenvalue weighted by molar-refractivity contribution is 0.0686. The van der Waals surface area contributed by atoms with Crippen LogP contribution in [0.5, 0.6) is 0 Å². The third-order valence-corrected chi connectivity index (χ3v) is 2.76. The molecule has 0 radical (unpaired) electrons. The van der Waals surface area contributed by atoms with Crippen LogP contribution in [0, 0.1) is 0 Å². The quantitative estimate of drug-likeness (QED) is 0.846. The van der Waals surface area contributed by atoms with Crippen molar-refractivity contribution in [1.29, 1.82) is 0 Å². The van der Waals surface area contributed by atoms with Crippen molar-refractivity contribution in [2.75, 3.05) is 6.54 Å². The number of nitrogens with zero attached hydrogens (tertiary/aromatic N) is 2. The molecule has 0 aromatic carbocycles. The van der Waals surface area contributed by atoms with Crippen molar-refractivity contribution in [3.8, 4) is 0 Å². The first kappa shape index (κ1) is 14.0. The summed E-state index contributed by atoms with van der Waals surface area (Å²) in [4.78, 5) is 15.1. The van der Waals surface area contributed by atoms with E-state index in [9.17, 15) is 4.79 Å². The van der Waals surface area contributed by atoms with Crippen molar-refractivity contribution in [1.82, 2.24) is 9.55 Å². The molecular weight excluding hydrogens is 309 g/mol. The molecular formula is C10H11BrClN3O2. The maximum absolute atomic E-state index is 11.1. The Morgan fingerprint density at radius 2 is 2.24 bits per heavy atom. The third kappa shape index (κ3) is 2.59. The number of halogens is 2. The van der Waals surface area contributed by atoms with Crippen LogP contribution in [-0.2, 0) is 6.54 Å². The van der Waals surface area contributed by atoms with Gasteiger partial charge in [-0.2, -0.15) is 0 Å². The number of aromatic nitrogens is 2. The molecule has 2 aromatic rings. The first-order chi connectivity index (χ1) is 7.63. The first-order valence-electron chi connectivity index (χ1n) is 4.71. The summed E-state index contributed by atoms with van der Waals surface area (Å²) in [5.41, 5.74) is 6.49. The molecule has 3 N–H and O–H groups in total. The van der Waals surface area contributed by atoms with E-state index >= 15 is 0 Å². The summed E-state index contributed by atoms with van der Waals surface area (Å²) >= 11 is 3.25. The molecule has 0 saturated heterocycles. The Hall–Kier alpha value is -1.11. The van der Waals surface area contributed by atoms with E-state index in [-0.39, 0.29) is 18.1 Å². The Morgan fingerprint density at radius 1 is 1.53 bits per heavy atom. The minimum Gasteiger partial charge on any atom is -0.477 e. The Labute approximate surface area is 112 Å². The van der Waals surface area contributed by atoms with Gasteiger partial charge in [0, 0.05) is 18.5 Å². The van der Waals surface area contributed by atoms with Crippen LogP contribution in [0.4, 0.5) is 0 Å². The summed E-state index contributed by atoms with van der Waals surface area (Å²) in [6, 6.07) is 3.41. The van der Waals surface area contributed by atoms with Gasteiger partial charge >= 0.3 is 5.97 Å². The fourth-order valence-electron chi connectivity index (χ4n) is 1.68. The number of carboxylic acids is 1. The van der Waals surface area contributed by atoms with Crippen molar-refractivity contribution in [3.05, 3.63) is 28.6 Å². The van der Waals surface area contributed by atoms with Gasteiger partial charge in [0.05, 0.1) is 11.7 Å². The molecule has 5 nitrogen and oxygen atoms in total. The molecule has 0 spiro atoms. The highest BCUT2D eigenvalue weighted by Crippen LogP contribution is 2.21. The van der Waals surface area contributed by atoms with Gasteiger partial charge in [-0.25, -0.2) is 9.78 Å². The topological polar surface area (TPSA) is 81.1 Å². The molecule has 0 bridgehead atoms. The van der Waals surface area contributed by atoms with E-state index < -0.39 is 5.97 Å². The highest BCUT2D eigenvalue weighted by molar-refractivity contribution is 9.10. The minimum atomic E-state index is -0.958. The van der Waals surface area contributed by atoms with Crippen LogP contribution in [-0.4, -0.2) is 27.2 Å². The standard InChI is InChI=1S/C10H10BrN3O2.ClH/c11-9-4-6-3-7(10(15)16)14(2-1-12)8(6)5-13-9;/h3-5H,1-2,12H2,(H,15,16);1H. The number of hydrogen-bond donors (Lipinski definition) is 2. The lowest BCUT2D eigenvalue weighted by atomic mass is 10.3. The number of rotatable bonds is 3. The molecule has 0 aliphatic rings. The highest BCUT2D eigenvalue weighted by atomic mass is 79.9. The second-order valence-electron chi connectivity index (χ2n) is 3.34. The molecule has 0 fully saturated rings. The minimum absolute atomic E-state index is 0. The second kappa shape index (κ2) is 5.48. The third-order valence-electron chi connectivity index (χ3n) is 2.33. The average Bonchev–Trinajstić information content (AvgIpc) is 2.57. The number of fused-ring (bicyclic) bond motifs is 1. The van der Waals surface area contributed by atoms with E-state index in [0.717, 1.165) is 10.9 Å². The predicted octanol–water partition coefficient (Wildman–Crippen LogP) is 1.88. The fourth-order valence-corrected chi connectivity index (χ4v) is 2.03. The summed E-state index contributed by atoms with van der Waals surface area (Å²) in [6.07, 6.45) is 1.64. The fraction of sp³-hybridized carbons (Fsp3) is 0.200. The summed E-state index contributed by atoms with van der Waals surface area (Å²) in [7, 11) is 0. The normalized spacial score (nSPS) is 10.2. The van der Waals surface area contributed by atoms with Crippen LogP contribution in [0.25, 0.3) is 10.9 Å². The Balaban J connectivity index is 0.00000144. The average molecular weight is 321 g/mol.